The van der Waals surface area contributed by atoms with Gasteiger partial charge in [0.25, 0.3) is 5.69 Å². The molecule has 0 saturated carbocycles. The number of fused-ring (bicyclic) bond motifs is 1. The number of nitro groups is 1. The van der Waals surface area contributed by atoms with E-state index in [-0.39, 0.29) is 47.3 Å². The monoisotopic (exact) mass is 1280 g/mol. The third kappa shape index (κ3) is 19.7. The number of aromatic hydroxyl groups is 1. The molecule has 1 atom stereocenters. The van der Waals surface area contributed by atoms with Crippen LogP contribution >= 0.6 is 0 Å². The van der Waals surface area contributed by atoms with Crippen LogP contribution < -0.4 is 10.1 Å². The molecule has 4 aliphatic heterocycles. The zero-order chi connectivity index (χ0) is 66.9. The Hall–Kier alpha value is -9.24. The fourth-order valence-corrected chi connectivity index (χ4v) is 12.0. The number of carbonyl (C=O) groups excluding carboxylic acids is 4. The number of non-ortho nitro benzene ring substituents is 1. The van der Waals surface area contributed by atoms with E-state index in [2.05, 4.69) is 123 Å². The van der Waals surface area contributed by atoms with Crippen molar-refractivity contribution in [2.45, 2.75) is 72.1 Å². The average Bonchev–Trinajstić information content (AvgIpc) is 1.30. The molecule has 6 aromatic carbocycles. The number of rotatable bonds is 24. The maximum atomic E-state index is 13.3. The Morgan fingerprint density at radius 3 is 2.00 bits per heavy atom. The first kappa shape index (κ1) is 70.6. The van der Waals surface area contributed by atoms with Gasteiger partial charge in [-0.1, -0.05) is 157 Å². The van der Waals surface area contributed by atoms with Crippen molar-refractivity contribution in [1.82, 2.24) is 24.9 Å². The van der Waals surface area contributed by atoms with Gasteiger partial charge in [0.2, 0.25) is 0 Å². The van der Waals surface area contributed by atoms with Crippen LogP contribution in [0.3, 0.4) is 0 Å². The third-order valence-electron chi connectivity index (χ3n) is 17.1. The summed E-state index contributed by atoms with van der Waals surface area (Å²) in [6, 6.07) is 48.5. The van der Waals surface area contributed by atoms with Crippen LogP contribution in [0.2, 0.25) is 0 Å². The molecule has 4 heterocycles. The van der Waals surface area contributed by atoms with E-state index in [0.717, 1.165) is 82.3 Å². The first-order valence-corrected chi connectivity index (χ1v) is 31.9. The van der Waals surface area contributed by atoms with Crippen molar-refractivity contribution in [3.8, 4) is 11.5 Å². The molecule has 0 amide bonds. The van der Waals surface area contributed by atoms with Crippen molar-refractivity contribution in [1.29, 1.82) is 0 Å². The highest BCUT2D eigenvalue weighted by atomic mass is 16.6. The number of nitro benzene ring substituents is 1. The zero-order valence-corrected chi connectivity index (χ0v) is 55.1. The summed E-state index contributed by atoms with van der Waals surface area (Å²) in [5.74, 6) is -2.39. The molecule has 19 nitrogen and oxygen atoms in total. The number of allylic oxidation sites excluding steroid dienone is 4. The maximum Gasteiger partial charge on any atom is 0.342 e. The van der Waals surface area contributed by atoms with E-state index >= 15 is 0 Å². The third-order valence-corrected chi connectivity index (χ3v) is 17.1. The van der Waals surface area contributed by atoms with Gasteiger partial charge < -0.3 is 38.8 Å². The van der Waals surface area contributed by atoms with E-state index < -0.39 is 28.7 Å². The SMILES string of the molecule is C(=C\c1ccccc1)/CN1CCN(C(c2ccccc2)c2ccccc2)CC1.COC(=O)C1=C(C)NC(C)=C(C(=O)OCCN(C)Cc2ccccc2)C1c1cccc([N+](=O)[O-])c1.COc1c(C)c2c(c(O)c1C/C=C(\C)CCC(=O)OCCN1CCOCC1)C(=O)OC2. The largest absolute Gasteiger partial charge is 0.507 e. The first-order valence-electron chi connectivity index (χ1n) is 31.9. The fraction of sp³-hybridized carbons (Fsp3) is 0.360. The number of phenols is 1. The molecule has 0 aromatic heterocycles. The van der Waals surface area contributed by atoms with E-state index in [0.29, 0.717) is 78.8 Å². The number of methoxy groups -OCH3 is 2. The van der Waals surface area contributed by atoms with Crippen LogP contribution in [0.25, 0.3) is 6.08 Å². The molecule has 2 saturated heterocycles. The molecule has 19 heteroatoms. The number of hydrogen-bond acceptors (Lipinski definition) is 18. The van der Waals surface area contributed by atoms with E-state index in [1.807, 2.05) is 62.2 Å². The molecule has 10 rings (SSSR count). The molecule has 2 fully saturated rings. The van der Waals surface area contributed by atoms with Crippen molar-refractivity contribution >= 4 is 35.6 Å². The van der Waals surface area contributed by atoms with Crippen molar-refractivity contribution in [2.24, 2.45) is 0 Å². The summed E-state index contributed by atoms with van der Waals surface area (Å²) in [6.45, 7) is 18.4. The highest BCUT2D eigenvalue weighted by molar-refractivity contribution is 6.00. The summed E-state index contributed by atoms with van der Waals surface area (Å²) in [7, 11) is 4.72. The van der Waals surface area contributed by atoms with Crippen LogP contribution in [-0.2, 0) is 57.6 Å². The van der Waals surface area contributed by atoms with Gasteiger partial charge in [-0.25, -0.2) is 14.4 Å². The van der Waals surface area contributed by atoms with Crippen LogP contribution in [0, 0.1) is 17.0 Å². The van der Waals surface area contributed by atoms with E-state index in [1.165, 1.54) is 42.0 Å². The summed E-state index contributed by atoms with van der Waals surface area (Å²) < 4.78 is 31.8. The van der Waals surface area contributed by atoms with E-state index in [1.54, 1.807) is 27.0 Å². The normalized spacial score (nSPS) is 16.1. The molecule has 0 radical (unpaired) electrons. The lowest BCUT2D eigenvalue weighted by molar-refractivity contribution is -0.384. The van der Waals surface area contributed by atoms with Crippen molar-refractivity contribution in [3.05, 3.63) is 246 Å². The molecular weight excluding hydrogens is 1190 g/mol. The highest BCUT2D eigenvalue weighted by Gasteiger charge is 2.39. The Kier molecular flexibility index (Phi) is 26.8. The van der Waals surface area contributed by atoms with E-state index in [4.69, 9.17) is 28.4 Å². The molecule has 0 spiro atoms. The highest BCUT2D eigenvalue weighted by Crippen LogP contribution is 2.43. The lowest BCUT2D eigenvalue weighted by Gasteiger charge is -2.39. The number of ether oxygens (including phenoxy) is 6. The lowest BCUT2D eigenvalue weighted by atomic mass is 9.80. The summed E-state index contributed by atoms with van der Waals surface area (Å²) in [5.41, 5.74) is 10.1. The number of phenolic OH excluding ortho intramolecular Hbond substituents is 1. The Labute approximate surface area is 552 Å². The molecular formula is C75H88N6O13. The predicted octanol–water partition coefficient (Wildman–Crippen LogP) is 11.3. The minimum Gasteiger partial charge on any atom is -0.507 e. The summed E-state index contributed by atoms with van der Waals surface area (Å²) in [4.78, 5) is 70.3. The van der Waals surface area contributed by atoms with Crippen LogP contribution in [-0.4, -0.2) is 160 Å². The van der Waals surface area contributed by atoms with Crippen molar-refractivity contribution < 1.29 is 57.6 Å². The van der Waals surface area contributed by atoms with Crippen LogP contribution in [0.15, 0.2) is 186 Å². The first-order chi connectivity index (χ1) is 45.5. The maximum absolute atomic E-state index is 13.3. The number of morpholine rings is 1. The number of likely N-dealkylation sites (N-methyl/N-ethyl adjacent to an activating group) is 1. The van der Waals surface area contributed by atoms with Gasteiger partial charge in [-0.2, -0.15) is 0 Å². The second-order valence-electron chi connectivity index (χ2n) is 23.6. The molecule has 4 aliphatic rings. The van der Waals surface area contributed by atoms with Gasteiger partial charge in [-0.3, -0.25) is 34.5 Å². The molecule has 0 aliphatic carbocycles. The number of dihydropyridines is 1. The predicted molar refractivity (Wildman–Crippen MR) is 362 cm³/mol. The van der Waals surface area contributed by atoms with E-state index in [9.17, 15) is 34.4 Å². The average molecular weight is 1280 g/mol. The van der Waals surface area contributed by atoms with Gasteiger partial charge in [-0.15, -0.1) is 0 Å². The van der Waals surface area contributed by atoms with Crippen LogP contribution in [0.4, 0.5) is 5.69 Å². The zero-order valence-electron chi connectivity index (χ0n) is 55.1. The van der Waals surface area contributed by atoms with Gasteiger partial charge >= 0.3 is 23.9 Å². The minimum absolute atomic E-state index is 0.0912. The molecule has 6 aromatic rings. The fourth-order valence-electron chi connectivity index (χ4n) is 12.0. The topological polar surface area (TPSA) is 212 Å². The number of cyclic esters (lactones) is 1. The molecule has 0 bridgehead atoms. The number of carbonyl (C=O) groups is 4. The number of hydrogen-bond donors (Lipinski definition) is 2. The van der Waals surface area contributed by atoms with Crippen LogP contribution in [0.1, 0.15) is 100 Å². The number of nitrogens with one attached hydrogen (secondary N) is 1. The number of nitrogens with zero attached hydrogens (tertiary/aromatic N) is 5. The smallest absolute Gasteiger partial charge is 0.342 e. The number of benzene rings is 6. The second-order valence-corrected chi connectivity index (χ2v) is 23.6. The minimum atomic E-state index is -0.877. The number of esters is 4. The Bertz CT molecular complexity index is 3600. The standard InChI is InChI=1S/C26H29N3O6.C26H28N2.C23H31NO7/c1-17-22(25(30)34-4)24(20-11-8-12-21(15-20)29(32)33)23(18(2)27-17)26(31)35-14-13-28(3)16-19-9-6-5-7-10-19;1-4-11-23(12-5-1)13-10-18-27-19-21-28(22-20-27)26(24-14-6-2-7-15-24)25-16-8-3-9-17-25;1-15(5-7-19(25)30-13-10-24-8-11-29-12-9-24)4-6-17-21(26)20-18(14-31-23(20)27)16(2)22(17)28-3/h5-12,15,24,27H,13-14,16H2,1-4H3;1-17,26H,18-22H2;4,26H,5-14H2,1-3H3/b;13-10+;15-4+. The lowest BCUT2D eigenvalue weighted by Crippen LogP contribution is -2.47. The summed E-state index contributed by atoms with van der Waals surface area (Å²) >= 11 is 0. The van der Waals surface area contributed by atoms with Gasteiger partial charge in [0.15, 0.2) is 0 Å². The Morgan fingerprint density at radius 2 is 1.38 bits per heavy atom. The van der Waals surface area contributed by atoms with Crippen LogP contribution in [0.5, 0.6) is 11.5 Å². The van der Waals surface area contributed by atoms with Crippen molar-refractivity contribution in [3.63, 3.8) is 0 Å². The Morgan fingerprint density at radius 1 is 0.766 bits per heavy atom. The summed E-state index contributed by atoms with van der Waals surface area (Å²) in [6.07, 6.45) is 7.69. The second kappa shape index (κ2) is 35.7. The quantitative estimate of drug-likeness (QED) is 0.0190. The van der Waals surface area contributed by atoms with Gasteiger partial charge in [-0.05, 0) is 81.0 Å². The van der Waals surface area contributed by atoms with Gasteiger partial charge in [0.1, 0.15) is 36.9 Å². The van der Waals surface area contributed by atoms with Gasteiger partial charge in [0, 0.05) is 107 Å². The molecule has 2 N–H and O–H groups in total. The van der Waals surface area contributed by atoms with Gasteiger partial charge in [0.05, 0.1) is 55.5 Å². The Balaban J connectivity index is 0.000000182. The molecule has 1 unspecified atom stereocenters. The van der Waals surface area contributed by atoms with Crippen molar-refractivity contribution in [2.75, 3.05) is 107 Å². The summed E-state index contributed by atoms with van der Waals surface area (Å²) in [5, 5.41) is 25.1. The molecule has 496 valence electrons. The molecule has 94 heavy (non-hydrogen) atoms. The number of piperazine rings is 1.